The van der Waals surface area contributed by atoms with Gasteiger partial charge < -0.3 is 10.4 Å². The number of hydrogen-bond acceptors (Lipinski definition) is 2. The van der Waals surface area contributed by atoms with Crippen LogP contribution in [0.1, 0.15) is 17.2 Å². The van der Waals surface area contributed by atoms with Crippen molar-refractivity contribution in [3.63, 3.8) is 0 Å². The molecular weight excluding hydrogens is 370 g/mol. The molecule has 2 aromatic carbocycles. The summed E-state index contributed by atoms with van der Waals surface area (Å²) in [7, 11) is 0. The van der Waals surface area contributed by atoms with E-state index in [1.165, 1.54) is 0 Å². The normalized spacial score (nSPS) is 12.2. The van der Waals surface area contributed by atoms with Gasteiger partial charge in [0.05, 0.1) is 12.6 Å². The van der Waals surface area contributed by atoms with Gasteiger partial charge in [0.25, 0.3) is 0 Å². The number of aliphatic hydroxyl groups excluding tert-OH is 1. The predicted octanol–water partition coefficient (Wildman–Crippen LogP) is 4.67. The molecule has 2 rings (SSSR count). The Morgan fingerprint density at radius 2 is 1.84 bits per heavy atom. The van der Waals surface area contributed by atoms with E-state index < -0.39 is 0 Å². The van der Waals surface area contributed by atoms with Crippen molar-refractivity contribution in [2.45, 2.75) is 13.0 Å². The van der Waals surface area contributed by atoms with Crippen molar-refractivity contribution in [3.8, 4) is 0 Å². The summed E-state index contributed by atoms with van der Waals surface area (Å²) >= 11 is 6.99. The average molecular weight is 385 g/mol. The lowest BCUT2D eigenvalue weighted by Crippen LogP contribution is -2.15. The Hall–Kier alpha value is -0.840. The van der Waals surface area contributed by atoms with E-state index in [4.69, 9.17) is 0 Å². The number of benzene rings is 2. The van der Waals surface area contributed by atoms with E-state index in [-0.39, 0.29) is 12.6 Å². The van der Waals surface area contributed by atoms with Crippen LogP contribution in [-0.4, -0.2) is 11.7 Å². The predicted molar refractivity (Wildman–Crippen MR) is 86.5 cm³/mol. The molecule has 2 aromatic rings. The van der Waals surface area contributed by atoms with Crippen LogP contribution in [0.5, 0.6) is 0 Å². The molecule has 0 bridgehead atoms. The lowest BCUT2D eigenvalue weighted by atomic mass is 10.0. The third-order valence-electron chi connectivity index (χ3n) is 2.97. The van der Waals surface area contributed by atoms with Crippen LogP contribution in [0.15, 0.2) is 51.4 Å². The molecule has 2 N–H and O–H groups in total. The minimum atomic E-state index is -0.120. The Morgan fingerprint density at radius 1 is 1.11 bits per heavy atom. The average Bonchev–Trinajstić information content (AvgIpc) is 2.41. The van der Waals surface area contributed by atoms with Gasteiger partial charge in [-0.3, -0.25) is 0 Å². The number of para-hydroxylation sites is 1. The van der Waals surface area contributed by atoms with Gasteiger partial charge >= 0.3 is 0 Å². The highest BCUT2D eigenvalue weighted by molar-refractivity contribution is 9.10. The van der Waals surface area contributed by atoms with Crippen LogP contribution < -0.4 is 5.32 Å². The summed E-state index contributed by atoms with van der Waals surface area (Å²) in [5, 5.41) is 13.0. The van der Waals surface area contributed by atoms with Gasteiger partial charge in [0.15, 0.2) is 0 Å². The molecule has 4 heteroatoms. The van der Waals surface area contributed by atoms with Gasteiger partial charge in [0.2, 0.25) is 0 Å². The first-order valence-corrected chi connectivity index (χ1v) is 7.58. The summed E-state index contributed by atoms with van der Waals surface area (Å²) in [4.78, 5) is 0. The quantitative estimate of drug-likeness (QED) is 0.802. The largest absolute Gasteiger partial charge is 0.394 e. The summed E-state index contributed by atoms with van der Waals surface area (Å²) in [6.45, 7) is 2.09. The van der Waals surface area contributed by atoms with Crippen LogP contribution >= 0.6 is 31.9 Å². The summed E-state index contributed by atoms with van der Waals surface area (Å²) < 4.78 is 2.07. The van der Waals surface area contributed by atoms with Gasteiger partial charge in [-0.2, -0.15) is 0 Å². The number of aliphatic hydroxyl groups is 1. The Balaban J connectivity index is 2.25. The van der Waals surface area contributed by atoms with Crippen molar-refractivity contribution < 1.29 is 5.11 Å². The second kappa shape index (κ2) is 6.55. The molecule has 0 saturated heterocycles. The summed E-state index contributed by atoms with van der Waals surface area (Å²) in [6.07, 6.45) is 0. The number of halogens is 2. The van der Waals surface area contributed by atoms with Crippen LogP contribution in [0, 0.1) is 6.92 Å². The van der Waals surface area contributed by atoms with Crippen molar-refractivity contribution >= 4 is 37.5 Å². The number of rotatable bonds is 4. The molecule has 2 nitrogen and oxygen atoms in total. The first-order valence-electron chi connectivity index (χ1n) is 6.00. The number of aryl methyl sites for hydroxylation is 1. The van der Waals surface area contributed by atoms with Crippen molar-refractivity contribution in [3.05, 3.63) is 62.5 Å². The van der Waals surface area contributed by atoms with Crippen molar-refractivity contribution in [2.75, 3.05) is 11.9 Å². The van der Waals surface area contributed by atoms with E-state index in [9.17, 15) is 5.11 Å². The molecule has 0 heterocycles. The molecular formula is C15H15Br2NO. The zero-order chi connectivity index (χ0) is 13.8. The monoisotopic (exact) mass is 383 g/mol. The van der Waals surface area contributed by atoms with E-state index in [1.807, 2.05) is 43.3 Å². The van der Waals surface area contributed by atoms with Gasteiger partial charge in [-0.05, 0) is 52.2 Å². The van der Waals surface area contributed by atoms with Gasteiger partial charge in [-0.1, -0.05) is 40.2 Å². The van der Waals surface area contributed by atoms with E-state index in [0.717, 1.165) is 25.8 Å². The molecule has 0 aliphatic rings. The van der Waals surface area contributed by atoms with Crippen molar-refractivity contribution in [1.29, 1.82) is 0 Å². The summed E-state index contributed by atoms with van der Waals surface area (Å²) in [5.41, 5.74) is 3.20. The van der Waals surface area contributed by atoms with Crippen molar-refractivity contribution in [2.24, 2.45) is 0 Å². The zero-order valence-electron chi connectivity index (χ0n) is 10.5. The van der Waals surface area contributed by atoms with Crippen molar-refractivity contribution in [1.82, 2.24) is 0 Å². The maximum absolute atomic E-state index is 9.60. The topological polar surface area (TPSA) is 32.3 Å². The lowest BCUT2D eigenvalue weighted by Gasteiger charge is -2.19. The Kier molecular flexibility index (Phi) is 5.02. The fourth-order valence-electron chi connectivity index (χ4n) is 1.88. The fourth-order valence-corrected chi connectivity index (χ4v) is 2.53. The third-order valence-corrected chi connectivity index (χ3v) is 4.55. The first kappa shape index (κ1) is 14.6. The van der Waals surface area contributed by atoms with E-state index in [1.54, 1.807) is 0 Å². The van der Waals surface area contributed by atoms with E-state index in [0.29, 0.717) is 0 Å². The number of nitrogens with one attached hydrogen (secondary N) is 1. The molecule has 0 saturated carbocycles. The number of anilines is 1. The molecule has 100 valence electrons. The van der Waals surface area contributed by atoms with Gasteiger partial charge in [0.1, 0.15) is 0 Å². The van der Waals surface area contributed by atoms with Gasteiger partial charge in [0, 0.05) is 14.6 Å². The Morgan fingerprint density at radius 3 is 2.47 bits per heavy atom. The van der Waals surface area contributed by atoms with Crippen LogP contribution in [-0.2, 0) is 0 Å². The third kappa shape index (κ3) is 3.59. The molecule has 0 spiro atoms. The van der Waals surface area contributed by atoms with Gasteiger partial charge in [-0.15, -0.1) is 0 Å². The van der Waals surface area contributed by atoms with Crippen LogP contribution in [0.3, 0.4) is 0 Å². The van der Waals surface area contributed by atoms with Crippen LogP contribution in [0.25, 0.3) is 0 Å². The van der Waals surface area contributed by atoms with Crippen LogP contribution in [0.2, 0.25) is 0 Å². The maximum Gasteiger partial charge on any atom is 0.0745 e. The minimum Gasteiger partial charge on any atom is -0.394 e. The molecule has 19 heavy (non-hydrogen) atoms. The first-order chi connectivity index (χ1) is 9.11. The summed E-state index contributed by atoms with van der Waals surface area (Å²) in [5.74, 6) is 0. The minimum absolute atomic E-state index is 0.0441. The molecule has 0 aromatic heterocycles. The SMILES string of the molecule is Cc1cc(C(CO)Nc2ccccc2Br)ccc1Br. The second-order valence-corrected chi connectivity index (χ2v) is 6.08. The molecule has 0 fully saturated rings. The standard InChI is InChI=1S/C15H15Br2NO/c1-10-8-11(6-7-12(10)16)15(9-19)18-14-5-3-2-4-13(14)17/h2-8,15,18-19H,9H2,1H3. The Labute approximate surface area is 130 Å². The molecule has 0 radical (unpaired) electrons. The smallest absolute Gasteiger partial charge is 0.0745 e. The molecule has 0 aliphatic carbocycles. The maximum atomic E-state index is 9.60. The zero-order valence-corrected chi connectivity index (χ0v) is 13.7. The van der Waals surface area contributed by atoms with Crippen LogP contribution in [0.4, 0.5) is 5.69 Å². The lowest BCUT2D eigenvalue weighted by molar-refractivity contribution is 0.276. The highest BCUT2D eigenvalue weighted by atomic mass is 79.9. The second-order valence-electron chi connectivity index (χ2n) is 4.37. The van der Waals surface area contributed by atoms with E-state index >= 15 is 0 Å². The number of hydrogen-bond donors (Lipinski definition) is 2. The molecule has 1 unspecified atom stereocenters. The molecule has 0 amide bonds. The molecule has 1 atom stereocenters. The molecule has 0 aliphatic heterocycles. The fraction of sp³-hybridized carbons (Fsp3) is 0.200. The van der Waals surface area contributed by atoms with E-state index in [2.05, 4.69) is 43.2 Å². The Bertz CT molecular complexity index is 572. The highest BCUT2D eigenvalue weighted by Crippen LogP contribution is 2.27. The summed E-state index contributed by atoms with van der Waals surface area (Å²) in [6, 6.07) is 13.9. The van der Waals surface area contributed by atoms with Gasteiger partial charge in [-0.25, -0.2) is 0 Å². The highest BCUT2D eigenvalue weighted by Gasteiger charge is 2.12.